The van der Waals surface area contributed by atoms with Gasteiger partial charge in [0.2, 0.25) is 6.54 Å². The lowest BCUT2D eigenvalue weighted by molar-refractivity contribution is -0.684. The number of carbonyl (C=O) groups is 3. The summed E-state index contributed by atoms with van der Waals surface area (Å²) in [4.78, 5) is 34.7. The molecular formula is C17H18N3O4+. The zero-order chi connectivity index (χ0) is 17.5. The first-order valence-corrected chi connectivity index (χ1v) is 7.35. The summed E-state index contributed by atoms with van der Waals surface area (Å²) in [6.45, 7) is 2.07. The molecule has 0 atom stereocenters. The number of anilines is 1. The quantitative estimate of drug-likeness (QED) is 0.607. The van der Waals surface area contributed by atoms with Crippen molar-refractivity contribution in [2.45, 2.75) is 13.5 Å². The Kier molecular flexibility index (Phi) is 5.62. The molecule has 0 aliphatic rings. The Bertz CT molecular complexity index is 757. The van der Waals surface area contributed by atoms with Crippen molar-refractivity contribution < 1.29 is 23.7 Å². The van der Waals surface area contributed by atoms with Crippen LogP contribution < -0.4 is 15.6 Å². The number of esters is 1. The van der Waals surface area contributed by atoms with Gasteiger partial charge in [0.1, 0.15) is 5.56 Å². The highest BCUT2D eigenvalue weighted by atomic mass is 16.5. The van der Waals surface area contributed by atoms with Crippen LogP contribution in [0.1, 0.15) is 27.6 Å². The van der Waals surface area contributed by atoms with Crippen LogP contribution in [0, 0.1) is 0 Å². The molecule has 3 N–H and O–H groups in total. The second kappa shape index (κ2) is 7.87. The first-order chi connectivity index (χ1) is 11.5. The fraction of sp³-hybridized carbons (Fsp3) is 0.176. The standard InChI is InChI=1S/C17H17N3O4/c1-2-24-17(23)12-5-7-14(8-6-12)19-15(21)11-20-9-3-4-13(10-20)16(18)22/h3-10H,2,11H2,1H3,(H2-,18,19,21,22,23)/p+1. The van der Waals surface area contributed by atoms with E-state index in [1.165, 1.54) is 6.20 Å². The summed E-state index contributed by atoms with van der Waals surface area (Å²) < 4.78 is 6.45. The van der Waals surface area contributed by atoms with E-state index in [-0.39, 0.29) is 12.5 Å². The van der Waals surface area contributed by atoms with Crippen LogP contribution in [0.3, 0.4) is 0 Å². The molecule has 1 aromatic carbocycles. The summed E-state index contributed by atoms with van der Waals surface area (Å²) in [7, 11) is 0. The fourth-order valence-electron chi connectivity index (χ4n) is 2.04. The van der Waals surface area contributed by atoms with Crippen molar-refractivity contribution in [3.05, 3.63) is 59.9 Å². The molecule has 2 aromatic rings. The normalized spacial score (nSPS) is 10.0. The third-order valence-corrected chi connectivity index (χ3v) is 3.15. The number of aromatic nitrogens is 1. The van der Waals surface area contributed by atoms with E-state index in [2.05, 4.69) is 5.32 Å². The number of nitrogens with zero attached hydrogens (tertiary/aromatic N) is 1. The van der Waals surface area contributed by atoms with Crippen LogP contribution >= 0.6 is 0 Å². The van der Waals surface area contributed by atoms with E-state index in [9.17, 15) is 14.4 Å². The summed E-state index contributed by atoms with van der Waals surface area (Å²) >= 11 is 0. The number of hydrogen-bond acceptors (Lipinski definition) is 4. The molecule has 124 valence electrons. The number of nitrogens with two attached hydrogens (primary N) is 1. The number of pyridine rings is 1. The van der Waals surface area contributed by atoms with Crippen LogP contribution in [-0.2, 0) is 16.1 Å². The molecule has 2 amide bonds. The van der Waals surface area contributed by atoms with Gasteiger partial charge in [0.05, 0.1) is 12.2 Å². The van der Waals surface area contributed by atoms with E-state index < -0.39 is 11.9 Å². The van der Waals surface area contributed by atoms with E-state index >= 15 is 0 Å². The summed E-state index contributed by atoms with van der Waals surface area (Å²) in [5.41, 5.74) is 6.50. The number of ether oxygens (including phenoxy) is 1. The minimum Gasteiger partial charge on any atom is -0.462 e. The highest BCUT2D eigenvalue weighted by Crippen LogP contribution is 2.10. The maximum Gasteiger partial charge on any atom is 0.338 e. The lowest BCUT2D eigenvalue weighted by Gasteiger charge is -2.05. The van der Waals surface area contributed by atoms with E-state index in [1.54, 1.807) is 54.1 Å². The molecule has 1 aromatic heterocycles. The number of nitrogens with one attached hydrogen (secondary N) is 1. The van der Waals surface area contributed by atoms with Gasteiger partial charge in [-0.25, -0.2) is 4.79 Å². The Morgan fingerprint density at radius 3 is 2.46 bits per heavy atom. The molecule has 2 rings (SSSR count). The first-order valence-electron chi connectivity index (χ1n) is 7.35. The van der Waals surface area contributed by atoms with Gasteiger partial charge in [-0.05, 0) is 37.3 Å². The number of hydrogen-bond donors (Lipinski definition) is 2. The van der Waals surface area contributed by atoms with Crippen molar-refractivity contribution in [2.24, 2.45) is 5.73 Å². The molecule has 7 nitrogen and oxygen atoms in total. The molecule has 0 bridgehead atoms. The summed E-state index contributed by atoms with van der Waals surface area (Å²) in [5.74, 6) is -1.24. The summed E-state index contributed by atoms with van der Waals surface area (Å²) in [5, 5.41) is 2.71. The monoisotopic (exact) mass is 328 g/mol. The van der Waals surface area contributed by atoms with Crippen molar-refractivity contribution in [1.29, 1.82) is 0 Å². The van der Waals surface area contributed by atoms with Crippen LogP contribution in [0.25, 0.3) is 0 Å². The van der Waals surface area contributed by atoms with Gasteiger partial charge in [-0.15, -0.1) is 0 Å². The average Bonchev–Trinajstić information content (AvgIpc) is 2.55. The van der Waals surface area contributed by atoms with Crippen molar-refractivity contribution >= 4 is 23.5 Å². The highest BCUT2D eigenvalue weighted by molar-refractivity contribution is 5.93. The van der Waals surface area contributed by atoms with E-state index in [0.29, 0.717) is 23.4 Å². The number of benzene rings is 1. The highest BCUT2D eigenvalue weighted by Gasteiger charge is 2.13. The zero-order valence-corrected chi connectivity index (χ0v) is 13.2. The van der Waals surface area contributed by atoms with Gasteiger partial charge in [0.15, 0.2) is 12.4 Å². The van der Waals surface area contributed by atoms with Crippen molar-refractivity contribution in [2.75, 3.05) is 11.9 Å². The van der Waals surface area contributed by atoms with Crippen molar-refractivity contribution in [3.8, 4) is 0 Å². The Morgan fingerprint density at radius 1 is 1.12 bits per heavy atom. The molecule has 0 saturated heterocycles. The Hall–Kier alpha value is -3.22. The molecule has 0 aliphatic heterocycles. The molecule has 0 saturated carbocycles. The van der Waals surface area contributed by atoms with Gasteiger partial charge in [-0.2, -0.15) is 4.57 Å². The van der Waals surface area contributed by atoms with Crippen LogP contribution in [-0.4, -0.2) is 24.4 Å². The van der Waals surface area contributed by atoms with E-state index in [4.69, 9.17) is 10.5 Å². The van der Waals surface area contributed by atoms with Gasteiger partial charge in [0, 0.05) is 11.8 Å². The second-order valence-electron chi connectivity index (χ2n) is 4.98. The lowest BCUT2D eigenvalue weighted by atomic mass is 10.2. The molecule has 0 aliphatic carbocycles. The zero-order valence-electron chi connectivity index (χ0n) is 13.2. The molecule has 0 radical (unpaired) electrons. The maximum absolute atomic E-state index is 12.0. The average molecular weight is 328 g/mol. The molecule has 24 heavy (non-hydrogen) atoms. The van der Waals surface area contributed by atoms with E-state index in [0.717, 1.165) is 0 Å². The van der Waals surface area contributed by atoms with Crippen LogP contribution in [0.15, 0.2) is 48.8 Å². The third-order valence-electron chi connectivity index (χ3n) is 3.15. The van der Waals surface area contributed by atoms with E-state index in [1.807, 2.05) is 0 Å². The summed E-state index contributed by atoms with van der Waals surface area (Å²) in [6.07, 6.45) is 3.17. The van der Waals surface area contributed by atoms with Gasteiger partial charge in [0.25, 0.3) is 11.8 Å². The predicted octanol–water partition coefficient (Wildman–Crippen LogP) is 0.888. The summed E-state index contributed by atoms with van der Waals surface area (Å²) in [6, 6.07) is 9.61. The largest absolute Gasteiger partial charge is 0.462 e. The fourth-order valence-corrected chi connectivity index (χ4v) is 2.04. The topological polar surface area (TPSA) is 102 Å². The Balaban J connectivity index is 1.98. The Morgan fingerprint density at radius 2 is 1.83 bits per heavy atom. The van der Waals surface area contributed by atoms with Crippen LogP contribution in [0.4, 0.5) is 5.69 Å². The van der Waals surface area contributed by atoms with Gasteiger partial charge >= 0.3 is 5.97 Å². The maximum atomic E-state index is 12.0. The Labute approximate surface area is 139 Å². The third kappa shape index (κ3) is 4.64. The number of primary amides is 1. The minimum absolute atomic E-state index is 0.0285. The lowest BCUT2D eigenvalue weighted by Crippen LogP contribution is -2.40. The van der Waals surface area contributed by atoms with Crippen LogP contribution in [0.5, 0.6) is 0 Å². The predicted molar refractivity (Wildman–Crippen MR) is 86.2 cm³/mol. The SMILES string of the molecule is CCOC(=O)c1ccc(NC(=O)C[n+]2cccc(C(N)=O)c2)cc1. The van der Waals surface area contributed by atoms with Crippen molar-refractivity contribution in [1.82, 2.24) is 0 Å². The smallest absolute Gasteiger partial charge is 0.338 e. The molecule has 0 unspecified atom stereocenters. The first kappa shape index (κ1) is 17.1. The number of rotatable bonds is 6. The molecule has 7 heteroatoms. The van der Waals surface area contributed by atoms with Gasteiger partial charge < -0.3 is 15.8 Å². The molecule has 0 fully saturated rings. The minimum atomic E-state index is -0.556. The van der Waals surface area contributed by atoms with Crippen molar-refractivity contribution in [3.63, 3.8) is 0 Å². The van der Waals surface area contributed by atoms with Gasteiger partial charge in [-0.3, -0.25) is 9.59 Å². The molecule has 0 spiro atoms. The van der Waals surface area contributed by atoms with Gasteiger partial charge in [-0.1, -0.05) is 0 Å². The number of amides is 2. The van der Waals surface area contributed by atoms with Crippen LogP contribution in [0.2, 0.25) is 0 Å². The molecular weight excluding hydrogens is 310 g/mol. The molecule has 1 heterocycles. The second-order valence-corrected chi connectivity index (χ2v) is 4.98. The number of carbonyl (C=O) groups excluding carboxylic acids is 3.